The van der Waals surface area contributed by atoms with Gasteiger partial charge in [0.05, 0.1) is 0 Å². The van der Waals surface area contributed by atoms with Crippen molar-refractivity contribution in [2.45, 2.75) is 40.3 Å². The summed E-state index contributed by atoms with van der Waals surface area (Å²) in [6.07, 6.45) is 1.27. The zero-order chi connectivity index (χ0) is 14.8. The fourth-order valence-corrected chi connectivity index (χ4v) is 3.48. The molecule has 20 heavy (non-hydrogen) atoms. The molecular weight excluding hydrogens is 266 g/mol. The summed E-state index contributed by atoms with van der Waals surface area (Å²) in [6.45, 7) is 14.7. The van der Waals surface area contributed by atoms with E-state index >= 15 is 0 Å². The van der Waals surface area contributed by atoms with Gasteiger partial charge in [-0.25, -0.2) is 0 Å². The van der Waals surface area contributed by atoms with Crippen LogP contribution < -0.4 is 5.32 Å². The molecule has 0 amide bonds. The van der Waals surface area contributed by atoms with Gasteiger partial charge in [-0.15, -0.1) is 11.3 Å². The lowest BCUT2D eigenvalue weighted by molar-refractivity contribution is 0.240. The molecule has 0 atom stereocenters. The highest BCUT2D eigenvalue weighted by atomic mass is 32.1. The van der Waals surface area contributed by atoms with Crippen molar-refractivity contribution in [2.75, 3.05) is 39.8 Å². The van der Waals surface area contributed by atoms with Crippen LogP contribution >= 0.6 is 11.3 Å². The molecule has 4 heteroatoms. The summed E-state index contributed by atoms with van der Waals surface area (Å²) in [5.41, 5.74) is 0. The van der Waals surface area contributed by atoms with E-state index in [9.17, 15) is 0 Å². The molecule has 0 aliphatic rings. The average molecular weight is 298 g/mol. The monoisotopic (exact) mass is 297 g/mol. The van der Waals surface area contributed by atoms with Gasteiger partial charge in [0.25, 0.3) is 0 Å². The summed E-state index contributed by atoms with van der Waals surface area (Å²) in [6, 6.07) is 4.53. The van der Waals surface area contributed by atoms with Gasteiger partial charge in [-0.2, -0.15) is 0 Å². The minimum atomic E-state index is 0.985. The van der Waals surface area contributed by atoms with Gasteiger partial charge in [0.1, 0.15) is 0 Å². The molecular formula is C16H31N3S. The van der Waals surface area contributed by atoms with Crippen molar-refractivity contribution in [1.82, 2.24) is 15.1 Å². The van der Waals surface area contributed by atoms with Crippen LogP contribution in [0.25, 0.3) is 0 Å². The highest BCUT2D eigenvalue weighted by Crippen LogP contribution is 2.18. The Morgan fingerprint density at radius 3 is 2.15 bits per heavy atom. The summed E-state index contributed by atoms with van der Waals surface area (Å²) in [4.78, 5) is 7.98. The van der Waals surface area contributed by atoms with Gasteiger partial charge in [-0.05, 0) is 58.3 Å². The fraction of sp³-hybridized carbons (Fsp3) is 0.750. The lowest BCUT2D eigenvalue weighted by atomic mass is 10.3. The Bertz CT molecular complexity index is 347. The minimum Gasteiger partial charge on any atom is -0.315 e. The van der Waals surface area contributed by atoms with Gasteiger partial charge in [0.2, 0.25) is 0 Å². The Morgan fingerprint density at radius 1 is 0.950 bits per heavy atom. The molecule has 0 saturated carbocycles. The van der Waals surface area contributed by atoms with Crippen LogP contribution in [0.2, 0.25) is 0 Å². The molecule has 0 aromatic carbocycles. The van der Waals surface area contributed by atoms with Gasteiger partial charge < -0.3 is 10.2 Å². The SMILES string of the molecule is CCN(CC)CCCN(CC)Cc1ccc(CNC)s1. The maximum absolute atomic E-state index is 3.22. The van der Waals surface area contributed by atoms with Crippen molar-refractivity contribution in [3.63, 3.8) is 0 Å². The normalized spacial score (nSPS) is 11.7. The van der Waals surface area contributed by atoms with Crippen molar-refractivity contribution >= 4 is 11.3 Å². The van der Waals surface area contributed by atoms with E-state index in [1.54, 1.807) is 0 Å². The van der Waals surface area contributed by atoms with Crippen LogP contribution in [0.4, 0.5) is 0 Å². The molecule has 0 fully saturated rings. The smallest absolute Gasteiger partial charge is 0.0327 e. The molecule has 1 rings (SSSR count). The number of rotatable bonds is 11. The predicted molar refractivity (Wildman–Crippen MR) is 90.4 cm³/mol. The summed E-state index contributed by atoms with van der Waals surface area (Å²) < 4.78 is 0. The van der Waals surface area contributed by atoms with Crippen LogP contribution in [0.1, 0.15) is 36.9 Å². The lowest BCUT2D eigenvalue weighted by Gasteiger charge is -2.22. The number of hydrogen-bond donors (Lipinski definition) is 1. The van der Waals surface area contributed by atoms with E-state index in [0.29, 0.717) is 0 Å². The van der Waals surface area contributed by atoms with Gasteiger partial charge in [0, 0.05) is 22.8 Å². The Morgan fingerprint density at radius 2 is 1.55 bits per heavy atom. The van der Waals surface area contributed by atoms with Gasteiger partial charge >= 0.3 is 0 Å². The second-order valence-electron chi connectivity index (χ2n) is 5.15. The molecule has 0 saturated heterocycles. The molecule has 1 heterocycles. The summed E-state index contributed by atoms with van der Waals surface area (Å²) in [5, 5.41) is 3.22. The second-order valence-corrected chi connectivity index (χ2v) is 6.40. The molecule has 1 aromatic heterocycles. The van der Waals surface area contributed by atoms with Crippen LogP contribution in [0.5, 0.6) is 0 Å². The van der Waals surface area contributed by atoms with E-state index < -0.39 is 0 Å². The van der Waals surface area contributed by atoms with Crippen molar-refractivity contribution in [3.8, 4) is 0 Å². The Hall–Kier alpha value is -0.420. The van der Waals surface area contributed by atoms with E-state index in [-0.39, 0.29) is 0 Å². The Labute approximate surface area is 129 Å². The third-order valence-corrected chi connectivity index (χ3v) is 4.81. The first-order valence-electron chi connectivity index (χ1n) is 7.90. The molecule has 1 aromatic rings. The van der Waals surface area contributed by atoms with E-state index in [1.165, 1.54) is 42.4 Å². The minimum absolute atomic E-state index is 0.985. The third-order valence-electron chi connectivity index (χ3n) is 3.74. The topological polar surface area (TPSA) is 18.5 Å². The van der Waals surface area contributed by atoms with E-state index in [1.807, 2.05) is 18.4 Å². The first-order chi connectivity index (χ1) is 9.73. The van der Waals surface area contributed by atoms with Crippen molar-refractivity contribution in [1.29, 1.82) is 0 Å². The average Bonchev–Trinajstić information content (AvgIpc) is 2.90. The van der Waals surface area contributed by atoms with Crippen LogP contribution in [0.3, 0.4) is 0 Å². The van der Waals surface area contributed by atoms with E-state index in [2.05, 4.69) is 48.0 Å². The zero-order valence-corrected chi connectivity index (χ0v) is 14.4. The molecule has 116 valence electrons. The Kier molecular flexibility index (Phi) is 9.10. The second kappa shape index (κ2) is 10.3. The quantitative estimate of drug-likeness (QED) is 0.677. The van der Waals surface area contributed by atoms with Crippen molar-refractivity contribution in [3.05, 3.63) is 21.9 Å². The molecule has 0 aliphatic carbocycles. The van der Waals surface area contributed by atoms with Gasteiger partial charge in [0.15, 0.2) is 0 Å². The maximum Gasteiger partial charge on any atom is 0.0327 e. The molecule has 3 nitrogen and oxygen atoms in total. The molecule has 0 radical (unpaired) electrons. The van der Waals surface area contributed by atoms with Crippen LogP contribution in [0.15, 0.2) is 12.1 Å². The van der Waals surface area contributed by atoms with Crippen LogP contribution in [-0.4, -0.2) is 49.6 Å². The summed E-state index contributed by atoms with van der Waals surface area (Å²) in [5.74, 6) is 0. The zero-order valence-electron chi connectivity index (χ0n) is 13.6. The largest absolute Gasteiger partial charge is 0.315 e. The third kappa shape index (κ3) is 6.35. The molecule has 0 bridgehead atoms. The summed E-state index contributed by atoms with van der Waals surface area (Å²) >= 11 is 1.94. The highest BCUT2D eigenvalue weighted by molar-refractivity contribution is 7.11. The van der Waals surface area contributed by atoms with Gasteiger partial charge in [-0.1, -0.05) is 20.8 Å². The molecule has 0 spiro atoms. The first kappa shape index (κ1) is 17.6. The standard InChI is InChI=1S/C16H31N3S/c1-5-18(6-2)11-8-12-19(7-3)14-16-10-9-15(20-16)13-17-4/h9-10,17H,5-8,11-14H2,1-4H3. The van der Waals surface area contributed by atoms with Crippen LogP contribution in [-0.2, 0) is 13.1 Å². The summed E-state index contributed by atoms with van der Waals surface area (Å²) in [7, 11) is 2.00. The van der Waals surface area contributed by atoms with E-state index in [0.717, 1.165) is 19.6 Å². The predicted octanol–water partition coefficient (Wildman–Crippen LogP) is 3.02. The first-order valence-corrected chi connectivity index (χ1v) is 8.71. The number of nitrogens with zero attached hydrogens (tertiary/aromatic N) is 2. The number of thiophene rings is 1. The van der Waals surface area contributed by atoms with Crippen LogP contribution in [0, 0.1) is 0 Å². The fourth-order valence-electron chi connectivity index (χ4n) is 2.40. The number of nitrogens with one attached hydrogen (secondary N) is 1. The molecule has 0 unspecified atom stereocenters. The van der Waals surface area contributed by atoms with Crippen molar-refractivity contribution in [2.24, 2.45) is 0 Å². The molecule has 1 N–H and O–H groups in total. The van der Waals surface area contributed by atoms with E-state index in [4.69, 9.17) is 0 Å². The van der Waals surface area contributed by atoms with Crippen molar-refractivity contribution < 1.29 is 0 Å². The molecule has 0 aliphatic heterocycles. The Balaban J connectivity index is 2.34. The highest BCUT2D eigenvalue weighted by Gasteiger charge is 2.07. The number of hydrogen-bond acceptors (Lipinski definition) is 4. The maximum atomic E-state index is 3.22. The van der Waals surface area contributed by atoms with Gasteiger partial charge in [-0.3, -0.25) is 4.90 Å². The lowest BCUT2D eigenvalue weighted by Crippen LogP contribution is -2.29.